The number of aromatic hydroxyl groups is 1. The van der Waals surface area contributed by atoms with Crippen LogP contribution in [0.1, 0.15) is 5.56 Å². The predicted octanol–water partition coefficient (Wildman–Crippen LogP) is 3.96. The second kappa shape index (κ2) is 11.0. The topological polar surface area (TPSA) is 121 Å². The maximum atomic E-state index is 12.4. The van der Waals surface area contributed by atoms with Gasteiger partial charge in [-0.05, 0) is 60.2 Å². The van der Waals surface area contributed by atoms with E-state index in [-0.39, 0.29) is 23.8 Å². The lowest BCUT2D eigenvalue weighted by molar-refractivity contribution is -0.118. The van der Waals surface area contributed by atoms with Crippen LogP contribution >= 0.6 is 0 Å². The maximum absolute atomic E-state index is 12.4. The Morgan fingerprint density at radius 2 is 1.67 bits per heavy atom. The van der Waals surface area contributed by atoms with Crippen molar-refractivity contribution in [2.75, 3.05) is 24.4 Å². The van der Waals surface area contributed by atoms with E-state index < -0.39 is 5.91 Å². The van der Waals surface area contributed by atoms with Crippen molar-refractivity contribution in [2.45, 2.75) is 0 Å². The lowest BCUT2D eigenvalue weighted by Gasteiger charge is -2.12. The van der Waals surface area contributed by atoms with Crippen molar-refractivity contribution in [1.29, 1.82) is 5.26 Å². The summed E-state index contributed by atoms with van der Waals surface area (Å²) in [5, 5.41) is 24.0. The lowest BCUT2D eigenvalue weighted by Crippen LogP contribution is -2.20. The third-order valence-corrected chi connectivity index (χ3v) is 4.41. The van der Waals surface area contributed by atoms with Crippen molar-refractivity contribution in [3.8, 4) is 23.3 Å². The van der Waals surface area contributed by atoms with Gasteiger partial charge in [-0.25, -0.2) is 0 Å². The maximum Gasteiger partial charge on any atom is 0.266 e. The van der Waals surface area contributed by atoms with E-state index in [2.05, 4.69) is 10.6 Å². The average molecular weight is 443 g/mol. The Labute approximate surface area is 190 Å². The number of ether oxygens (including phenoxy) is 2. The first-order valence-electron chi connectivity index (χ1n) is 9.86. The molecular formula is C25H21N3O5. The van der Waals surface area contributed by atoms with Gasteiger partial charge in [-0.3, -0.25) is 9.59 Å². The summed E-state index contributed by atoms with van der Waals surface area (Å²) in [5.41, 5.74) is 1.51. The van der Waals surface area contributed by atoms with E-state index in [1.54, 1.807) is 30.3 Å². The molecule has 0 radical (unpaired) electrons. The molecule has 0 fully saturated rings. The van der Waals surface area contributed by atoms with E-state index in [9.17, 15) is 20.0 Å². The van der Waals surface area contributed by atoms with Crippen molar-refractivity contribution in [3.63, 3.8) is 0 Å². The summed E-state index contributed by atoms with van der Waals surface area (Å²) in [6.45, 7) is -0.223. The third-order valence-electron chi connectivity index (χ3n) is 4.41. The number of nitrogens with zero attached hydrogens (tertiary/aromatic N) is 1. The fourth-order valence-electron chi connectivity index (χ4n) is 2.81. The number of hydrogen-bond donors (Lipinski definition) is 3. The molecule has 0 aliphatic rings. The van der Waals surface area contributed by atoms with Crippen LogP contribution in [0.25, 0.3) is 6.08 Å². The summed E-state index contributed by atoms with van der Waals surface area (Å²) >= 11 is 0. The number of benzene rings is 3. The fraction of sp³-hybridized carbons (Fsp3) is 0.0800. The Bertz CT molecular complexity index is 1200. The first kappa shape index (κ1) is 22.9. The molecule has 0 aliphatic carbocycles. The average Bonchev–Trinajstić information content (AvgIpc) is 2.83. The highest BCUT2D eigenvalue weighted by atomic mass is 16.5. The molecule has 3 N–H and O–H groups in total. The summed E-state index contributed by atoms with van der Waals surface area (Å²) < 4.78 is 10.9. The summed E-state index contributed by atoms with van der Waals surface area (Å²) in [6, 6.07) is 21.6. The molecule has 0 bridgehead atoms. The summed E-state index contributed by atoms with van der Waals surface area (Å²) in [7, 11) is 1.45. The number of nitriles is 1. The molecule has 0 atom stereocenters. The number of hydrogen-bond acceptors (Lipinski definition) is 6. The van der Waals surface area contributed by atoms with Gasteiger partial charge in [0, 0.05) is 11.4 Å². The molecule has 166 valence electrons. The number of rotatable bonds is 8. The summed E-state index contributed by atoms with van der Waals surface area (Å²) in [4.78, 5) is 24.5. The zero-order valence-corrected chi connectivity index (χ0v) is 17.7. The van der Waals surface area contributed by atoms with Crippen molar-refractivity contribution in [2.24, 2.45) is 0 Å². The molecular weight excluding hydrogens is 422 g/mol. The van der Waals surface area contributed by atoms with Crippen LogP contribution in [-0.2, 0) is 9.59 Å². The van der Waals surface area contributed by atoms with Gasteiger partial charge in [0.25, 0.3) is 11.8 Å². The van der Waals surface area contributed by atoms with Crippen LogP contribution in [0.2, 0.25) is 0 Å². The van der Waals surface area contributed by atoms with Gasteiger partial charge in [0.2, 0.25) is 0 Å². The zero-order chi connectivity index (χ0) is 23.6. The van der Waals surface area contributed by atoms with Gasteiger partial charge < -0.3 is 25.2 Å². The van der Waals surface area contributed by atoms with E-state index in [4.69, 9.17) is 9.47 Å². The molecule has 0 aliphatic heterocycles. The number of para-hydroxylation sites is 1. The standard InChI is InChI=1S/C25H21N3O5/c1-32-23-14-17(13-18(15-26)25(31)28-20-8-10-21(29)11-9-20)7-12-22(23)33-16-24(30)27-19-5-3-2-4-6-19/h2-14,29H,16H2,1H3,(H,27,30)(H,28,31)/b18-13+. The van der Waals surface area contributed by atoms with Gasteiger partial charge >= 0.3 is 0 Å². The molecule has 0 spiro atoms. The molecule has 0 aromatic heterocycles. The minimum Gasteiger partial charge on any atom is -0.508 e. The summed E-state index contributed by atoms with van der Waals surface area (Å²) in [5.74, 6) is -0.182. The smallest absolute Gasteiger partial charge is 0.266 e. The molecule has 0 saturated carbocycles. The first-order valence-corrected chi connectivity index (χ1v) is 9.86. The van der Waals surface area contributed by atoms with Crippen LogP contribution in [-0.4, -0.2) is 30.6 Å². The van der Waals surface area contributed by atoms with Crippen LogP contribution in [0, 0.1) is 11.3 Å². The van der Waals surface area contributed by atoms with E-state index in [0.29, 0.717) is 28.4 Å². The van der Waals surface area contributed by atoms with Crippen molar-refractivity contribution >= 4 is 29.3 Å². The number of phenols is 1. The van der Waals surface area contributed by atoms with E-state index in [1.165, 1.54) is 37.5 Å². The molecule has 33 heavy (non-hydrogen) atoms. The van der Waals surface area contributed by atoms with Gasteiger partial charge in [0.05, 0.1) is 7.11 Å². The number of amides is 2. The number of nitrogens with one attached hydrogen (secondary N) is 2. The highest BCUT2D eigenvalue weighted by Crippen LogP contribution is 2.29. The normalized spacial score (nSPS) is 10.6. The number of carbonyl (C=O) groups is 2. The Hall–Kier alpha value is -4.77. The molecule has 3 aromatic rings. The molecule has 8 heteroatoms. The molecule has 8 nitrogen and oxygen atoms in total. The van der Waals surface area contributed by atoms with E-state index in [1.807, 2.05) is 24.3 Å². The fourth-order valence-corrected chi connectivity index (χ4v) is 2.81. The first-order chi connectivity index (χ1) is 16.0. The monoisotopic (exact) mass is 443 g/mol. The molecule has 2 amide bonds. The minimum absolute atomic E-state index is 0.0657. The number of phenolic OH excluding ortho intramolecular Hbond substituents is 1. The van der Waals surface area contributed by atoms with Gasteiger partial charge in [-0.15, -0.1) is 0 Å². The quantitative estimate of drug-likeness (QED) is 0.275. The minimum atomic E-state index is -0.597. The Morgan fingerprint density at radius 3 is 2.33 bits per heavy atom. The predicted molar refractivity (Wildman–Crippen MR) is 124 cm³/mol. The highest BCUT2D eigenvalue weighted by molar-refractivity contribution is 6.09. The molecule has 0 saturated heterocycles. The van der Waals surface area contributed by atoms with Gasteiger partial charge in [0.1, 0.15) is 17.4 Å². The SMILES string of the molecule is COc1cc(/C=C(\C#N)C(=O)Nc2ccc(O)cc2)ccc1OCC(=O)Nc1ccccc1. The molecule has 0 heterocycles. The Balaban J connectivity index is 1.67. The largest absolute Gasteiger partial charge is 0.508 e. The zero-order valence-electron chi connectivity index (χ0n) is 17.7. The Morgan fingerprint density at radius 1 is 0.970 bits per heavy atom. The second-order valence-electron chi connectivity index (χ2n) is 6.78. The van der Waals surface area contributed by atoms with Gasteiger partial charge in [-0.1, -0.05) is 24.3 Å². The molecule has 3 aromatic carbocycles. The molecule has 3 rings (SSSR count). The van der Waals surface area contributed by atoms with Crippen molar-refractivity contribution < 1.29 is 24.2 Å². The van der Waals surface area contributed by atoms with Crippen molar-refractivity contribution in [3.05, 3.63) is 83.9 Å². The van der Waals surface area contributed by atoms with E-state index in [0.717, 1.165) is 0 Å². The van der Waals surface area contributed by atoms with Gasteiger partial charge in [0.15, 0.2) is 18.1 Å². The lowest BCUT2D eigenvalue weighted by atomic mass is 10.1. The van der Waals surface area contributed by atoms with Crippen LogP contribution in [0.4, 0.5) is 11.4 Å². The highest BCUT2D eigenvalue weighted by Gasteiger charge is 2.12. The second-order valence-corrected chi connectivity index (χ2v) is 6.78. The van der Waals surface area contributed by atoms with Crippen LogP contribution in [0.15, 0.2) is 78.4 Å². The Kier molecular flexibility index (Phi) is 7.65. The number of methoxy groups -OCH3 is 1. The third kappa shape index (κ3) is 6.60. The molecule has 0 unspecified atom stereocenters. The van der Waals surface area contributed by atoms with Crippen LogP contribution in [0.5, 0.6) is 17.2 Å². The van der Waals surface area contributed by atoms with Crippen LogP contribution < -0.4 is 20.1 Å². The van der Waals surface area contributed by atoms with Crippen molar-refractivity contribution in [1.82, 2.24) is 0 Å². The van der Waals surface area contributed by atoms with E-state index >= 15 is 0 Å². The summed E-state index contributed by atoms with van der Waals surface area (Å²) in [6.07, 6.45) is 1.41. The number of carbonyl (C=O) groups excluding carboxylic acids is 2. The number of anilines is 2. The van der Waals surface area contributed by atoms with Crippen LogP contribution in [0.3, 0.4) is 0 Å². The van der Waals surface area contributed by atoms with Gasteiger partial charge in [-0.2, -0.15) is 5.26 Å².